The van der Waals surface area contributed by atoms with Gasteiger partial charge in [-0.05, 0) is 24.1 Å². The molecule has 1 aromatic rings. The third kappa shape index (κ3) is 3.07. The van der Waals surface area contributed by atoms with Crippen LogP contribution in [0.15, 0.2) is 18.2 Å². The van der Waals surface area contributed by atoms with E-state index < -0.39 is 23.5 Å². The topological polar surface area (TPSA) is 57.6 Å². The second kappa shape index (κ2) is 5.34. The van der Waals surface area contributed by atoms with Crippen LogP contribution in [0.25, 0.3) is 0 Å². The summed E-state index contributed by atoms with van der Waals surface area (Å²) in [5.41, 5.74) is 0.443. The largest absolute Gasteiger partial charge is 0.481 e. The van der Waals surface area contributed by atoms with Crippen LogP contribution in [0.3, 0.4) is 0 Å². The van der Waals surface area contributed by atoms with Crippen molar-refractivity contribution in [3.63, 3.8) is 0 Å². The first kappa shape index (κ1) is 13.5. The monoisotopic (exact) mass is 269 g/mol. The maximum absolute atomic E-state index is 13.1. The van der Waals surface area contributed by atoms with Crippen LogP contribution in [-0.4, -0.2) is 28.4 Å². The lowest BCUT2D eigenvalue weighted by molar-refractivity contribution is -0.147. The summed E-state index contributed by atoms with van der Waals surface area (Å²) in [7, 11) is 0. The van der Waals surface area contributed by atoms with Crippen LogP contribution in [0.5, 0.6) is 0 Å². The van der Waals surface area contributed by atoms with Gasteiger partial charge in [0.15, 0.2) is 11.6 Å². The van der Waals surface area contributed by atoms with E-state index in [9.17, 15) is 18.4 Å². The molecule has 1 unspecified atom stereocenters. The van der Waals surface area contributed by atoms with E-state index >= 15 is 0 Å². The molecular weight excluding hydrogens is 256 g/mol. The van der Waals surface area contributed by atoms with Crippen LogP contribution in [-0.2, 0) is 16.1 Å². The summed E-state index contributed by atoms with van der Waals surface area (Å²) in [6, 6.07) is 3.40. The van der Waals surface area contributed by atoms with Crippen LogP contribution in [0.4, 0.5) is 8.78 Å². The van der Waals surface area contributed by atoms with Gasteiger partial charge in [0.25, 0.3) is 0 Å². The van der Waals surface area contributed by atoms with Crippen LogP contribution < -0.4 is 0 Å². The minimum absolute atomic E-state index is 0.0970. The Balaban J connectivity index is 2.09. The van der Waals surface area contributed by atoms with Gasteiger partial charge in [-0.15, -0.1) is 0 Å². The highest BCUT2D eigenvalue weighted by Crippen LogP contribution is 2.20. The van der Waals surface area contributed by atoms with Crippen molar-refractivity contribution in [2.45, 2.75) is 19.4 Å². The molecule has 0 aliphatic carbocycles. The Kier molecular flexibility index (Phi) is 3.78. The van der Waals surface area contributed by atoms with Crippen molar-refractivity contribution in [2.24, 2.45) is 5.92 Å². The van der Waals surface area contributed by atoms with Gasteiger partial charge in [0, 0.05) is 19.5 Å². The van der Waals surface area contributed by atoms with Gasteiger partial charge in [-0.1, -0.05) is 6.07 Å². The van der Waals surface area contributed by atoms with E-state index in [4.69, 9.17) is 5.11 Å². The smallest absolute Gasteiger partial charge is 0.308 e. The highest BCUT2D eigenvalue weighted by Gasteiger charge is 2.29. The Morgan fingerprint density at radius 3 is 2.74 bits per heavy atom. The van der Waals surface area contributed by atoms with E-state index in [0.29, 0.717) is 12.0 Å². The summed E-state index contributed by atoms with van der Waals surface area (Å²) in [6.45, 7) is 0.201. The highest BCUT2D eigenvalue weighted by atomic mass is 19.2. The maximum Gasteiger partial charge on any atom is 0.308 e. The number of benzene rings is 1. The Hall–Kier alpha value is -1.98. The Morgan fingerprint density at radius 1 is 1.37 bits per heavy atom. The number of carbonyl (C=O) groups is 2. The van der Waals surface area contributed by atoms with Crippen molar-refractivity contribution < 1.29 is 23.5 Å². The van der Waals surface area contributed by atoms with Crippen molar-refractivity contribution in [1.82, 2.24) is 4.90 Å². The summed E-state index contributed by atoms with van der Waals surface area (Å²) in [4.78, 5) is 24.0. The molecule has 4 nitrogen and oxygen atoms in total. The number of piperidine rings is 1. The molecule has 1 fully saturated rings. The van der Waals surface area contributed by atoms with Crippen molar-refractivity contribution in [1.29, 1.82) is 0 Å². The second-order valence-corrected chi connectivity index (χ2v) is 4.60. The quantitative estimate of drug-likeness (QED) is 0.910. The summed E-state index contributed by atoms with van der Waals surface area (Å²) < 4.78 is 25.9. The highest BCUT2D eigenvalue weighted by molar-refractivity contribution is 5.80. The van der Waals surface area contributed by atoms with Crippen molar-refractivity contribution in [3.8, 4) is 0 Å². The van der Waals surface area contributed by atoms with Gasteiger partial charge in [-0.25, -0.2) is 8.78 Å². The van der Waals surface area contributed by atoms with Crippen LogP contribution in [0.1, 0.15) is 18.4 Å². The number of carboxylic acids is 1. The fraction of sp³-hybridized carbons (Fsp3) is 0.385. The Morgan fingerprint density at radius 2 is 2.11 bits per heavy atom. The van der Waals surface area contributed by atoms with Gasteiger partial charge in [-0.3, -0.25) is 9.59 Å². The zero-order valence-electron chi connectivity index (χ0n) is 10.1. The third-order valence-electron chi connectivity index (χ3n) is 3.21. The lowest BCUT2D eigenvalue weighted by Crippen LogP contribution is -2.42. The van der Waals surface area contributed by atoms with Crippen LogP contribution in [0, 0.1) is 17.6 Å². The average molecular weight is 269 g/mol. The number of hydrogen-bond donors (Lipinski definition) is 1. The molecule has 6 heteroatoms. The number of likely N-dealkylation sites (tertiary alicyclic amines) is 1. The minimum atomic E-state index is -0.975. The van der Waals surface area contributed by atoms with Crippen molar-refractivity contribution in [2.75, 3.05) is 6.54 Å². The number of amides is 1. The van der Waals surface area contributed by atoms with E-state index in [1.54, 1.807) is 0 Å². The molecule has 1 amide bonds. The molecule has 1 N–H and O–H groups in total. The fourth-order valence-corrected chi connectivity index (χ4v) is 2.13. The molecule has 19 heavy (non-hydrogen) atoms. The molecule has 1 heterocycles. The molecule has 0 saturated carbocycles. The number of hydrogen-bond acceptors (Lipinski definition) is 2. The molecule has 1 atom stereocenters. The van der Waals surface area contributed by atoms with E-state index in [0.717, 1.165) is 12.1 Å². The average Bonchev–Trinajstić information content (AvgIpc) is 2.36. The van der Waals surface area contributed by atoms with Gasteiger partial charge in [-0.2, -0.15) is 0 Å². The third-order valence-corrected chi connectivity index (χ3v) is 3.21. The van der Waals surface area contributed by atoms with E-state index in [2.05, 4.69) is 0 Å². The van der Waals surface area contributed by atoms with Crippen molar-refractivity contribution in [3.05, 3.63) is 35.4 Å². The molecule has 0 bridgehead atoms. The van der Waals surface area contributed by atoms with Crippen LogP contribution in [0.2, 0.25) is 0 Å². The standard InChI is InChI=1S/C13H13F2NO3/c14-10-3-1-8(5-11(10)15)6-16-7-9(13(18)19)2-4-12(16)17/h1,3,5,9H,2,4,6-7H2,(H,18,19). The maximum atomic E-state index is 13.1. The van der Waals surface area contributed by atoms with Gasteiger partial charge in [0.2, 0.25) is 5.91 Å². The molecule has 2 rings (SSSR count). The lowest BCUT2D eigenvalue weighted by Gasteiger charge is -2.30. The van der Waals surface area contributed by atoms with E-state index in [1.807, 2.05) is 0 Å². The molecule has 0 aromatic heterocycles. The predicted molar refractivity (Wildman–Crippen MR) is 62.1 cm³/mol. The molecule has 0 radical (unpaired) electrons. The molecule has 1 aromatic carbocycles. The minimum Gasteiger partial charge on any atom is -0.481 e. The number of carboxylic acid groups (broad SMARTS) is 1. The predicted octanol–water partition coefficient (Wildman–Crippen LogP) is 1.79. The first-order valence-electron chi connectivity index (χ1n) is 5.92. The van der Waals surface area contributed by atoms with Crippen molar-refractivity contribution >= 4 is 11.9 Å². The first-order valence-corrected chi connectivity index (χ1v) is 5.92. The number of aliphatic carboxylic acids is 1. The molecule has 0 spiro atoms. The molecule has 102 valence electrons. The lowest BCUT2D eigenvalue weighted by atomic mass is 9.97. The number of halogens is 2. The molecule has 1 aliphatic heterocycles. The first-order chi connectivity index (χ1) is 8.97. The Bertz CT molecular complexity index is 519. The van der Waals surface area contributed by atoms with Gasteiger partial charge >= 0.3 is 5.97 Å². The second-order valence-electron chi connectivity index (χ2n) is 4.60. The summed E-state index contributed by atoms with van der Waals surface area (Å²) in [5.74, 6) is -3.62. The molecule has 1 aliphatic rings. The number of carbonyl (C=O) groups excluding carboxylic acids is 1. The van der Waals surface area contributed by atoms with Gasteiger partial charge in [0.05, 0.1) is 5.92 Å². The van der Waals surface area contributed by atoms with E-state index in [-0.39, 0.29) is 25.4 Å². The number of rotatable bonds is 3. The normalized spacial score (nSPS) is 19.6. The van der Waals surface area contributed by atoms with E-state index in [1.165, 1.54) is 11.0 Å². The summed E-state index contributed by atoms with van der Waals surface area (Å²) in [5, 5.41) is 8.94. The van der Waals surface area contributed by atoms with Gasteiger partial charge in [0.1, 0.15) is 0 Å². The SMILES string of the molecule is O=C(O)C1CCC(=O)N(Cc2ccc(F)c(F)c2)C1. The Labute approximate surface area is 108 Å². The summed E-state index contributed by atoms with van der Waals surface area (Å²) >= 11 is 0. The molecule has 1 saturated heterocycles. The summed E-state index contributed by atoms with van der Waals surface area (Å²) in [6.07, 6.45) is 0.489. The zero-order valence-corrected chi connectivity index (χ0v) is 10.1. The molecular formula is C13H13F2NO3. The van der Waals surface area contributed by atoms with Crippen LogP contribution >= 0.6 is 0 Å². The fourth-order valence-electron chi connectivity index (χ4n) is 2.13. The number of nitrogens with zero attached hydrogens (tertiary/aromatic N) is 1. The zero-order chi connectivity index (χ0) is 14.0. The van der Waals surface area contributed by atoms with Gasteiger partial charge < -0.3 is 10.0 Å².